The third kappa shape index (κ3) is 4.87. The Morgan fingerprint density at radius 3 is 2.32 bits per heavy atom. The molecular formula is C29H47N3O5. The number of unbranched alkanes of at least 4 members (excludes halogenated alkanes) is 3. The molecule has 8 heteroatoms. The fourth-order valence-corrected chi connectivity index (χ4v) is 6.87. The van der Waals surface area contributed by atoms with Crippen molar-refractivity contribution in [2.45, 2.75) is 89.5 Å². The van der Waals surface area contributed by atoms with Gasteiger partial charge in [0.1, 0.15) is 11.6 Å². The summed E-state index contributed by atoms with van der Waals surface area (Å²) in [5, 5.41) is 9.13. The molecule has 3 aliphatic heterocycles. The average Bonchev–Trinajstić information content (AvgIpc) is 3.32. The number of ether oxygens (including phenoxy) is 1. The van der Waals surface area contributed by atoms with E-state index in [1.165, 1.54) is 0 Å². The van der Waals surface area contributed by atoms with Crippen LogP contribution in [0.3, 0.4) is 0 Å². The third-order valence-corrected chi connectivity index (χ3v) is 8.79. The van der Waals surface area contributed by atoms with Gasteiger partial charge in [-0.15, -0.1) is 13.2 Å². The number of amides is 3. The summed E-state index contributed by atoms with van der Waals surface area (Å²) in [6.45, 7) is 18.9. The maximum atomic E-state index is 14.4. The molecule has 6 atom stereocenters. The van der Waals surface area contributed by atoms with Gasteiger partial charge in [-0.25, -0.2) is 0 Å². The summed E-state index contributed by atoms with van der Waals surface area (Å²) in [6.07, 6.45) is 7.07. The summed E-state index contributed by atoms with van der Waals surface area (Å²) >= 11 is 0. The number of likely N-dealkylation sites (tertiary alicyclic amines) is 1. The van der Waals surface area contributed by atoms with Gasteiger partial charge in [0.15, 0.2) is 0 Å². The normalized spacial score (nSPS) is 32.4. The van der Waals surface area contributed by atoms with Crippen molar-refractivity contribution < 1.29 is 24.2 Å². The zero-order chi connectivity index (χ0) is 27.8. The van der Waals surface area contributed by atoms with Gasteiger partial charge in [-0.3, -0.25) is 14.4 Å². The third-order valence-electron chi connectivity index (χ3n) is 8.79. The number of carbonyl (C=O) groups excluding carboxylic acids is 3. The standard InChI is InChI=1S/C29H47N3O5/c1-9-15-30(8)24(34)21-22-25(35)31(17-13-11-12-14-18-33)23(26(36)32(16-10-2)27(4,5)6)29(22)19-20(3)28(21,7)37-29/h9-10,20-23,33H,1-2,11-19H2,3-8H3/t20?,21-,22+,23?,28+,29?/m1/s1. The summed E-state index contributed by atoms with van der Waals surface area (Å²) in [7, 11) is 1.73. The molecule has 0 aromatic rings. The Bertz CT molecular complexity index is 914. The van der Waals surface area contributed by atoms with Crippen LogP contribution >= 0.6 is 0 Å². The number of aliphatic hydroxyl groups is 1. The van der Waals surface area contributed by atoms with Crippen LogP contribution in [0.25, 0.3) is 0 Å². The molecule has 0 aromatic carbocycles. The molecule has 0 saturated carbocycles. The van der Waals surface area contributed by atoms with Crippen LogP contribution in [0.4, 0.5) is 0 Å². The van der Waals surface area contributed by atoms with Gasteiger partial charge in [0.05, 0.1) is 17.4 Å². The monoisotopic (exact) mass is 517 g/mol. The molecule has 3 unspecified atom stereocenters. The van der Waals surface area contributed by atoms with Crippen LogP contribution < -0.4 is 0 Å². The SMILES string of the molecule is C=CCN(C)C(=O)[C@H]1[C@H]2C(=O)N(CCCCCCO)C(C(=O)N(CC=C)C(C)(C)C)C23CC(C)[C@]1(C)O3. The van der Waals surface area contributed by atoms with Crippen molar-refractivity contribution in [2.75, 3.05) is 33.3 Å². The van der Waals surface area contributed by atoms with Crippen molar-refractivity contribution in [3.8, 4) is 0 Å². The lowest BCUT2D eigenvalue weighted by Crippen LogP contribution is -2.60. The van der Waals surface area contributed by atoms with Gasteiger partial charge in [-0.2, -0.15) is 0 Å². The summed E-state index contributed by atoms with van der Waals surface area (Å²) in [5.74, 6) is -1.80. The predicted molar refractivity (Wildman–Crippen MR) is 144 cm³/mol. The number of fused-ring (bicyclic) bond motifs is 1. The first-order chi connectivity index (χ1) is 17.3. The maximum Gasteiger partial charge on any atom is 0.249 e. The van der Waals surface area contributed by atoms with Crippen molar-refractivity contribution in [1.82, 2.24) is 14.7 Å². The van der Waals surface area contributed by atoms with Crippen LogP contribution in [0.1, 0.15) is 66.7 Å². The molecule has 3 aliphatic rings. The second kappa shape index (κ2) is 10.9. The Morgan fingerprint density at radius 1 is 1.14 bits per heavy atom. The first kappa shape index (κ1) is 29.4. The second-order valence-electron chi connectivity index (χ2n) is 12.3. The highest BCUT2D eigenvalue weighted by atomic mass is 16.5. The van der Waals surface area contributed by atoms with E-state index in [9.17, 15) is 14.4 Å². The van der Waals surface area contributed by atoms with Crippen LogP contribution in [0, 0.1) is 17.8 Å². The number of nitrogens with zero attached hydrogens (tertiary/aromatic N) is 3. The molecule has 3 amide bonds. The molecule has 0 aromatic heterocycles. The lowest BCUT2D eigenvalue weighted by atomic mass is 9.62. The Hall–Kier alpha value is -2.19. The number of hydrogen-bond donors (Lipinski definition) is 1. The minimum absolute atomic E-state index is 0.00456. The highest BCUT2D eigenvalue weighted by Gasteiger charge is 2.80. The zero-order valence-corrected chi connectivity index (χ0v) is 23.7. The summed E-state index contributed by atoms with van der Waals surface area (Å²) in [6, 6.07) is -0.797. The van der Waals surface area contributed by atoms with E-state index >= 15 is 0 Å². The van der Waals surface area contributed by atoms with E-state index in [-0.39, 0.29) is 30.2 Å². The Labute approximate surface area is 222 Å². The maximum absolute atomic E-state index is 14.4. The molecular weight excluding hydrogens is 470 g/mol. The summed E-state index contributed by atoms with van der Waals surface area (Å²) in [4.78, 5) is 47.4. The lowest BCUT2D eigenvalue weighted by molar-refractivity contribution is -0.156. The van der Waals surface area contributed by atoms with E-state index in [1.54, 1.807) is 33.9 Å². The van der Waals surface area contributed by atoms with Crippen molar-refractivity contribution in [3.63, 3.8) is 0 Å². The van der Waals surface area contributed by atoms with E-state index in [1.807, 2.05) is 27.7 Å². The van der Waals surface area contributed by atoms with Crippen LogP contribution in [-0.2, 0) is 19.1 Å². The van der Waals surface area contributed by atoms with Crippen LogP contribution in [0.2, 0.25) is 0 Å². The first-order valence-electron chi connectivity index (χ1n) is 13.7. The minimum Gasteiger partial charge on any atom is -0.396 e. The van der Waals surface area contributed by atoms with Gasteiger partial charge < -0.3 is 24.5 Å². The highest BCUT2D eigenvalue weighted by molar-refractivity contribution is 5.99. The number of aliphatic hydroxyl groups excluding tert-OH is 1. The highest BCUT2D eigenvalue weighted by Crippen LogP contribution is 2.65. The molecule has 0 radical (unpaired) electrons. The van der Waals surface area contributed by atoms with Crippen LogP contribution in [0.5, 0.6) is 0 Å². The average molecular weight is 518 g/mol. The Balaban J connectivity index is 2.07. The largest absolute Gasteiger partial charge is 0.396 e. The number of rotatable bonds is 12. The first-order valence-corrected chi connectivity index (χ1v) is 13.7. The van der Waals surface area contributed by atoms with Gasteiger partial charge in [0.25, 0.3) is 0 Å². The number of carbonyl (C=O) groups is 3. The van der Waals surface area contributed by atoms with Crippen LogP contribution in [0.15, 0.2) is 25.3 Å². The molecule has 8 nitrogen and oxygen atoms in total. The van der Waals surface area contributed by atoms with E-state index in [0.717, 1.165) is 19.3 Å². The molecule has 0 aliphatic carbocycles. The smallest absolute Gasteiger partial charge is 0.249 e. The Kier molecular flexibility index (Phi) is 8.64. The van der Waals surface area contributed by atoms with Crippen molar-refractivity contribution in [3.05, 3.63) is 25.3 Å². The molecule has 2 bridgehead atoms. The second-order valence-corrected chi connectivity index (χ2v) is 12.3. The van der Waals surface area contributed by atoms with Gasteiger partial charge in [0, 0.05) is 38.8 Å². The molecule has 1 N–H and O–H groups in total. The van der Waals surface area contributed by atoms with Gasteiger partial charge in [-0.05, 0) is 52.9 Å². The molecule has 3 heterocycles. The van der Waals surface area contributed by atoms with Crippen LogP contribution in [-0.4, -0.2) is 93.6 Å². The number of likely N-dealkylation sites (N-methyl/N-ethyl adjacent to an activating group) is 1. The molecule has 1 spiro atoms. The topological polar surface area (TPSA) is 90.4 Å². The van der Waals surface area contributed by atoms with Gasteiger partial charge in [-0.1, -0.05) is 31.9 Å². The summed E-state index contributed by atoms with van der Waals surface area (Å²) < 4.78 is 6.82. The zero-order valence-electron chi connectivity index (χ0n) is 23.7. The minimum atomic E-state index is -1.05. The quantitative estimate of drug-likeness (QED) is 0.318. The van der Waals surface area contributed by atoms with E-state index in [4.69, 9.17) is 9.84 Å². The van der Waals surface area contributed by atoms with E-state index in [0.29, 0.717) is 32.5 Å². The lowest BCUT2D eigenvalue weighted by Gasteiger charge is -2.42. The molecule has 3 rings (SSSR count). The molecule has 37 heavy (non-hydrogen) atoms. The van der Waals surface area contributed by atoms with Gasteiger partial charge >= 0.3 is 0 Å². The fourth-order valence-electron chi connectivity index (χ4n) is 6.87. The number of hydrogen-bond acceptors (Lipinski definition) is 5. The predicted octanol–water partition coefficient (Wildman–Crippen LogP) is 3.01. The molecule has 208 valence electrons. The van der Waals surface area contributed by atoms with Crippen molar-refractivity contribution in [2.24, 2.45) is 17.8 Å². The summed E-state index contributed by atoms with van der Waals surface area (Å²) in [5.41, 5.74) is -2.36. The van der Waals surface area contributed by atoms with E-state index in [2.05, 4.69) is 20.1 Å². The fraction of sp³-hybridized carbons (Fsp3) is 0.759. The molecule has 3 saturated heterocycles. The van der Waals surface area contributed by atoms with Crippen molar-refractivity contribution in [1.29, 1.82) is 0 Å². The Morgan fingerprint density at radius 2 is 1.76 bits per heavy atom. The van der Waals surface area contributed by atoms with Gasteiger partial charge in [0.2, 0.25) is 17.7 Å². The molecule has 3 fully saturated rings. The van der Waals surface area contributed by atoms with Crippen molar-refractivity contribution >= 4 is 17.7 Å². The van der Waals surface area contributed by atoms with E-state index < -0.39 is 34.6 Å².